The van der Waals surface area contributed by atoms with Crippen LogP contribution in [0.15, 0.2) is 18.2 Å². The average Bonchev–Trinajstić information content (AvgIpc) is 2.71. The Labute approximate surface area is 107 Å². The van der Waals surface area contributed by atoms with E-state index in [1.807, 2.05) is 18.7 Å². The number of hydrogen-bond donors (Lipinski definition) is 1. The number of likely N-dealkylation sites (tertiary alicyclic amines) is 1. The molecule has 1 saturated heterocycles. The summed E-state index contributed by atoms with van der Waals surface area (Å²) in [4.78, 5) is 13.4. The number of likely N-dealkylation sites (N-methyl/N-ethyl adjacent to an activating group) is 1. The van der Waals surface area contributed by atoms with Crippen molar-refractivity contribution in [2.45, 2.75) is 32.9 Å². The van der Waals surface area contributed by atoms with Crippen LogP contribution in [0, 0.1) is 12.7 Å². The van der Waals surface area contributed by atoms with Gasteiger partial charge in [-0.05, 0) is 37.1 Å². The van der Waals surface area contributed by atoms with Crippen LogP contribution in [0.1, 0.15) is 24.5 Å². The molecule has 18 heavy (non-hydrogen) atoms. The van der Waals surface area contributed by atoms with Crippen LogP contribution in [0.4, 0.5) is 4.39 Å². The maximum atomic E-state index is 13.1. The van der Waals surface area contributed by atoms with Crippen molar-refractivity contribution in [3.05, 3.63) is 35.1 Å². The van der Waals surface area contributed by atoms with Gasteiger partial charge in [-0.3, -0.25) is 4.79 Å². The molecule has 1 aliphatic heterocycles. The van der Waals surface area contributed by atoms with Crippen molar-refractivity contribution in [1.29, 1.82) is 0 Å². The van der Waals surface area contributed by atoms with Crippen molar-refractivity contribution in [1.82, 2.24) is 10.2 Å². The summed E-state index contributed by atoms with van der Waals surface area (Å²) in [7, 11) is 0. The molecule has 1 heterocycles. The number of nitrogens with zero attached hydrogens (tertiary/aromatic N) is 1. The molecule has 0 spiro atoms. The molecule has 1 fully saturated rings. The quantitative estimate of drug-likeness (QED) is 0.884. The van der Waals surface area contributed by atoms with Crippen molar-refractivity contribution in [2.75, 3.05) is 13.1 Å². The fourth-order valence-electron chi connectivity index (χ4n) is 2.30. The van der Waals surface area contributed by atoms with Gasteiger partial charge in [-0.25, -0.2) is 4.39 Å². The van der Waals surface area contributed by atoms with E-state index in [-0.39, 0.29) is 17.8 Å². The molecule has 1 N–H and O–H groups in total. The number of carbonyl (C=O) groups excluding carboxylic acids is 1. The molecule has 0 aliphatic carbocycles. The third-order valence-corrected chi connectivity index (χ3v) is 3.49. The van der Waals surface area contributed by atoms with Gasteiger partial charge >= 0.3 is 0 Å². The Balaban J connectivity index is 1.92. The Kier molecular flexibility index (Phi) is 3.97. The zero-order valence-corrected chi connectivity index (χ0v) is 10.9. The van der Waals surface area contributed by atoms with E-state index in [2.05, 4.69) is 5.32 Å². The van der Waals surface area contributed by atoms with Crippen molar-refractivity contribution in [2.24, 2.45) is 0 Å². The van der Waals surface area contributed by atoms with E-state index >= 15 is 0 Å². The van der Waals surface area contributed by atoms with E-state index < -0.39 is 0 Å². The molecule has 1 amide bonds. The first-order valence-electron chi connectivity index (χ1n) is 6.36. The molecule has 0 bridgehead atoms. The summed E-state index contributed by atoms with van der Waals surface area (Å²) in [6.45, 7) is 6.07. The Morgan fingerprint density at radius 2 is 2.28 bits per heavy atom. The lowest BCUT2D eigenvalue weighted by Crippen LogP contribution is -2.32. The number of hydrogen-bond acceptors (Lipinski definition) is 2. The van der Waals surface area contributed by atoms with Gasteiger partial charge < -0.3 is 10.2 Å². The molecule has 4 heteroatoms. The lowest BCUT2D eigenvalue weighted by Gasteiger charge is -2.15. The van der Waals surface area contributed by atoms with Crippen molar-refractivity contribution >= 4 is 5.91 Å². The Morgan fingerprint density at radius 1 is 1.50 bits per heavy atom. The molecule has 0 radical (unpaired) electrons. The summed E-state index contributed by atoms with van der Waals surface area (Å²) in [5, 5.41) is 3.33. The molecule has 98 valence electrons. The SMILES string of the molecule is CCN1C[C@@H](NCc2cc(F)ccc2C)CC1=O. The van der Waals surface area contributed by atoms with Gasteiger partial charge in [0, 0.05) is 32.1 Å². The Morgan fingerprint density at radius 3 is 2.94 bits per heavy atom. The lowest BCUT2D eigenvalue weighted by atomic mass is 10.1. The first-order valence-corrected chi connectivity index (χ1v) is 6.36. The van der Waals surface area contributed by atoms with Gasteiger partial charge in [0.25, 0.3) is 0 Å². The second-order valence-electron chi connectivity index (χ2n) is 4.79. The third-order valence-electron chi connectivity index (χ3n) is 3.49. The maximum absolute atomic E-state index is 13.1. The van der Waals surface area contributed by atoms with Crippen LogP contribution in [-0.4, -0.2) is 29.9 Å². The Hall–Kier alpha value is -1.42. The van der Waals surface area contributed by atoms with Crippen molar-refractivity contribution < 1.29 is 9.18 Å². The minimum atomic E-state index is -0.213. The molecule has 3 nitrogen and oxygen atoms in total. The first-order chi connectivity index (χ1) is 8.60. The fourth-order valence-corrected chi connectivity index (χ4v) is 2.30. The molecule has 1 atom stereocenters. The number of nitrogens with one attached hydrogen (secondary N) is 1. The van der Waals surface area contributed by atoms with Crippen LogP contribution in [0.3, 0.4) is 0 Å². The molecular weight excluding hydrogens is 231 g/mol. The summed E-state index contributed by atoms with van der Waals surface area (Å²) in [6.07, 6.45) is 0.544. The second kappa shape index (κ2) is 5.48. The summed E-state index contributed by atoms with van der Waals surface area (Å²) in [5.41, 5.74) is 2.03. The summed E-state index contributed by atoms with van der Waals surface area (Å²) >= 11 is 0. The zero-order valence-electron chi connectivity index (χ0n) is 10.9. The molecular formula is C14H19FN2O. The molecule has 2 rings (SSSR count). The monoisotopic (exact) mass is 250 g/mol. The van der Waals surface area contributed by atoms with E-state index in [9.17, 15) is 9.18 Å². The number of halogens is 1. The van der Waals surface area contributed by atoms with Crippen LogP contribution in [0.2, 0.25) is 0 Å². The topological polar surface area (TPSA) is 32.3 Å². The van der Waals surface area contributed by atoms with E-state index in [0.717, 1.165) is 24.2 Å². The number of benzene rings is 1. The number of aryl methyl sites for hydroxylation is 1. The van der Waals surface area contributed by atoms with Crippen LogP contribution >= 0.6 is 0 Å². The van der Waals surface area contributed by atoms with E-state index in [4.69, 9.17) is 0 Å². The van der Waals surface area contributed by atoms with Gasteiger partial charge in [0.1, 0.15) is 5.82 Å². The van der Waals surface area contributed by atoms with E-state index in [0.29, 0.717) is 13.0 Å². The predicted octanol–water partition coefficient (Wildman–Crippen LogP) is 1.84. The van der Waals surface area contributed by atoms with Crippen LogP contribution in [-0.2, 0) is 11.3 Å². The number of carbonyl (C=O) groups is 1. The fraction of sp³-hybridized carbons (Fsp3) is 0.500. The summed E-state index contributed by atoms with van der Waals surface area (Å²) < 4.78 is 13.1. The lowest BCUT2D eigenvalue weighted by molar-refractivity contribution is -0.127. The summed E-state index contributed by atoms with van der Waals surface area (Å²) in [5.74, 6) is -0.0129. The zero-order chi connectivity index (χ0) is 13.1. The number of amides is 1. The van der Waals surface area contributed by atoms with Crippen molar-refractivity contribution in [3.8, 4) is 0 Å². The van der Waals surface area contributed by atoms with Gasteiger partial charge in [-0.2, -0.15) is 0 Å². The van der Waals surface area contributed by atoms with Crippen LogP contribution in [0.5, 0.6) is 0 Å². The standard InChI is InChI=1S/C14H19FN2O/c1-3-17-9-13(7-14(17)18)16-8-11-6-12(15)5-4-10(11)2/h4-6,13,16H,3,7-9H2,1-2H3/t13-/m0/s1. The van der Waals surface area contributed by atoms with Gasteiger partial charge in [-0.1, -0.05) is 6.07 Å². The summed E-state index contributed by atoms with van der Waals surface area (Å²) in [6, 6.07) is 4.98. The average molecular weight is 250 g/mol. The highest BCUT2D eigenvalue weighted by Crippen LogP contribution is 2.13. The molecule has 0 unspecified atom stereocenters. The highest BCUT2D eigenvalue weighted by molar-refractivity contribution is 5.79. The van der Waals surface area contributed by atoms with Gasteiger partial charge in [0.05, 0.1) is 0 Å². The van der Waals surface area contributed by atoms with Gasteiger partial charge in [-0.15, -0.1) is 0 Å². The predicted molar refractivity (Wildman–Crippen MR) is 68.6 cm³/mol. The smallest absolute Gasteiger partial charge is 0.224 e. The molecule has 0 aromatic heterocycles. The first kappa shape index (κ1) is 13.0. The number of rotatable bonds is 4. The third kappa shape index (κ3) is 2.88. The highest BCUT2D eigenvalue weighted by Gasteiger charge is 2.27. The minimum Gasteiger partial charge on any atom is -0.341 e. The molecule has 1 aliphatic rings. The van der Waals surface area contributed by atoms with Crippen LogP contribution < -0.4 is 5.32 Å². The van der Waals surface area contributed by atoms with E-state index in [1.54, 1.807) is 12.1 Å². The molecule has 1 aromatic rings. The second-order valence-corrected chi connectivity index (χ2v) is 4.79. The van der Waals surface area contributed by atoms with Gasteiger partial charge in [0.2, 0.25) is 5.91 Å². The molecule has 0 saturated carbocycles. The van der Waals surface area contributed by atoms with E-state index in [1.165, 1.54) is 6.07 Å². The van der Waals surface area contributed by atoms with Gasteiger partial charge in [0.15, 0.2) is 0 Å². The van der Waals surface area contributed by atoms with Crippen molar-refractivity contribution in [3.63, 3.8) is 0 Å². The normalized spacial score (nSPS) is 19.6. The minimum absolute atomic E-state index is 0.181. The maximum Gasteiger partial charge on any atom is 0.224 e. The Bertz CT molecular complexity index is 447. The van der Waals surface area contributed by atoms with Crippen LogP contribution in [0.25, 0.3) is 0 Å². The molecule has 1 aromatic carbocycles. The highest BCUT2D eigenvalue weighted by atomic mass is 19.1. The largest absolute Gasteiger partial charge is 0.341 e.